The van der Waals surface area contributed by atoms with Crippen LogP contribution in [0.3, 0.4) is 0 Å². The average Bonchev–Trinajstić information content (AvgIpc) is 2.66. The molecule has 2 N–H and O–H groups in total. The quantitative estimate of drug-likeness (QED) is 0.464. The normalized spacial score (nSPS) is 11.2. The highest BCUT2D eigenvalue weighted by Crippen LogP contribution is 2.25. The zero-order chi connectivity index (χ0) is 19.6. The first-order valence-corrected chi connectivity index (χ1v) is 9.83. The van der Waals surface area contributed by atoms with Crippen LogP contribution in [0.15, 0.2) is 33.5 Å². The summed E-state index contributed by atoms with van der Waals surface area (Å²) in [7, 11) is 0. The minimum atomic E-state index is -0.823. The van der Waals surface area contributed by atoms with Crippen molar-refractivity contribution < 1.29 is 14.3 Å². The lowest BCUT2D eigenvalue weighted by molar-refractivity contribution is 0.0945. The van der Waals surface area contributed by atoms with E-state index in [1.54, 1.807) is 24.3 Å². The van der Waals surface area contributed by atoms with Crippen molar-refractivity contribution in [2.75, 3.05) is 26.2 Å². The molecule has 6 heteroatoms. The molecule has 148 valence electrons. The Morgan fingerprint density at radius 2 is 1.70 bits per heavy atom. The van der Waals surface area contributed by atoms with Crippen LogP contribution in [0.2, 0.25) is 0 Å². The molecule has 1 amide bonds. The summed E-state index contributed by atoms with van der Waals surface area (Å²) in [6.07, 6.45) is 5.45. The van der Waals surface area contributed by atoms with Crippen molar-refractivity contribution in [2.24, 2.45) is 0 Å². The molecule has 0 aliphatic heterocycles. The topological polar surface area (TPSA) is 82.8 Å². The molecular formula is C21H30N2O4. The summed E-state index contributed by atoms with van der Waals surface area (Å²) in [5.41, 5.74) is -0.891. The van der Waals surface area contributed by atoms with Gasteiger partial charge in [-0.3, -0.25) is 4.79 Å². The number of nitrogens with zero attached hydrogens (tertiary/aromatic N) is 1. The van der Waals surface area contributed by atoms with Crippen LogP contribution in [-0.4, -0.2) is 42.1 Å². The number of carbonyl (C=O) groups is 1. The minimum absolute atomic E-state index is 0.263. The highest BCUT2D eigenvalue weighted by molar-refractivity contribution is 6.01. The number of hydrogen-bond acceptors (Lipinski definition) is 5. The highest BCUT2D eigenvalue weighted by Gasteiger charge is 2.20. The Kier molecular flexibility index (Phi) is 8.33. The molecule has 1 heterocycles. The van der Waals surface area contributed by atoms with Gasteiger partial charge in [-0.25, -0.2) is 4.79 Å². The molecule has 0 saturated carbocycles. The summed E-state index contributed by atoms with van der Waals surface area (Å²) in [6, 6.07) is 6.61. The second-order valence-corrected chi connectivity index (χ2v) is 6.77. The molecule has 27 heavy (non-hydrogen) atoms. The molecule has 0 fully saturated rings. The van der Waals surface area contributed by atoms with Crippen molar-refractivity contribution in [1.82, 2.24) is 10.2 Å². The average molecular weight is 374 g/mol. The fraction of sp³-hybridized carbons (Fsp3) is 0.524. The third kappa shape index (κ3) is 5.82. The maximum absolute atomic E-state index is 12.4. The van der Waals surface area contributed by atoms with Gasteiger partial charge in [-0.05, 0) is 51.0 Å². The largest absolute Gasteiger partial charge is 0.506 e. The van der Waals surface area contributed by atoms with Gasteiger partial charge in [0.15, 0.2) is 5.56 Å². The first kappa shape index (κ1) is 21.0. The van der Waals surface area contributed by atoms with Gasteiger partial charge in [0.1, 0.15) is 11.3 Å². The molecule has 0 radical (unpaired) electrons. The molecule has 6 nitrogen and oxygen atoms in total. The van der Waals surface area contributed by atoms with E-state index in [0.717, 1.165) is 38.9 Å². The summed E-state index contributed by atoms with van der Waals surface area (Å²) in [6.45, 7) is 7.84. The summed E-state index contributed by atoms with van der Waals surface area (Å²) in [4.78, 5) is 26.9. The number of para-hydroxylation sites is 1. The Bertz CT molecular complexity index is 792. The Labute approximate surface area is 160 Å². The summed E-state index contributed by atoms with van der Waals surface area (Å²) in [5.74, 6) is -0.924. The SMILES string of the molecule is CCCCN(CCCC)CCCNC(=O)c1c(O)c2ccccc2oc1=O. The maximum Gasteiger partial charge on any atom is 0.353 e. The zero-order valence-electron chi connectivity index (χ0n) is 16.3. The monoisotopic (exact) mass is 374 g/mol. The van der Waals surface area contributed by atoms with E-state index in [-0.39, 0.29) is 16.9 Å². The van der Waals surface area contributed by atoms with Crippen LogP contribution in [0.5, 0.6) is 5.75 Å². The number of aromatic hydroxyl groups is 1. The van der Waals surface area contributed by atoms with Gasteiger partial charge in [0.25, 0.3) is 5.91 Å². The first-order valence-electron chi connectivity index (χ1n) is 9.83. The van der Waals surface area contributed by atoms with E-state index >= 15 is 0 Å². The summed E-state index contributed by atoms with van der Waals surface area (Å²) < 4.78 is 5.14. The number of unbranched alkanes of at least 4 members (excludes halogenated alkanes) is 2. The van der Waals surface area contributed by atoms with E-state index in [2.05, 4.69) is 24.1 Å². The molecule has 0 atom stereocenters. The van der Waals surface area contributed by atoms with Crippen molar-refractivity contribution in [3.05, 3.63) is 40.2 Å². The minimum Gasteiger partial charge on any atom is -0.506 e. The van der Waals surface area contributed by atoms with Crippen molar-refractivity contribution in [3.8, 4) is 5.75 Å². The second kappa shape index (κ2) is 10.7. The van der Waals surface area contributed by atoms with Gasteiger partial charge in [0, 0.05) is 6.54 Å². The molecule has 1 aromatic carbocycles. The van der Waals surface area contributed by atoms with Crippen molar-refractivity contribution in [2.45, 2.75) is 46.0 Å². The van der Waals surface area contributed by atoms with Crippen LogP contribution in [0.4, 0.5) is 0 Å². The molecule has 0 spiro atoms. The van der Waals surface area contributed by atoms with E-state index in [1.807, 2.05) is 0 Å². The number of carbonyl (C=O) groups excluding carboxylic acids is 1. The lowest BCUT2D eigenvalue weighted by atomic mass is 10.1. The fourth-order valence-electron chi connectivity index (χ4n) is 3.03. The van der Waals surface area contributed by atoms with Crippen LogP contribution in [-0.2, 0) is 0 Å². The fourth-order valence-corrected chi connectivity index (χ4v) is 3.03. The lowest BCUT2D eigenvalue weighted by Crippen LogP contribution is -2.33. The molecule has 0 aliphatic carbocycles. The highest BCUT2D eigenvalue weighted by atomic mass is 16.4. The van der Waals surface area contributed by atoms with Crippen molar-refractivity contribution in [3.63, 3.8) is 0 Å². The molecule has 2 aromatic rings. The standard InChI is InChI=1S/C21H30N2O4/c1-3-5-13-23(14-6-4-2)15-9-12-22-20(25)18-19(24)16-10-7-8-11-17(16)27-21(18)26/h7-8,10-11,24H,3-6,9,12-15H2,1-2H3,(H,22,25). The van der Waals surface area contributed by atoms with Gasteiger partial charge < -0.3 is 19.7 Å². The maximum atomic E-state index is 12.4. The lowest BCUT2D eigenvalue weighted by Gasteiger charge is -2.21. The number of hydrogen-bond donors (Lipinski definition) is 2. The Balaban J connectivity index is 1.94. The smallest absolute Gasteiger partial charge is 0.353 e. The number of rotatable bonds is 11. The Morgan fingerprint density at radius 1 is 1.07 bits per heavy atom. The van der Waals surface area contributed by atoms with Crippen LogP contribution in [0.1, 0.15) is 56.3 Å². The van der Waals surface area contributed by atoms with Crippen LogP contribution in [0.25, 0.3) is 11.0 Å². The van der Waals surface area contributed by atoms with Crippen LogP contribution >= 0.6 is 0 Å². The van der Waals surface area contributed by atoms with Crippen molar-refractivity contribution in [1.29, 1.82) is 0 Å². The van der Waals surface area contributed by atoms with E-state index in [1.165, 1.54) is 12.8 Å². The Morgan fingerprint density at radius 3 is 2.37 bits per heavy atom. The number of fused-ring (bicyclic) bond motifs is 1. The zero-order valence-corrected chi connectivity index (χ0v) is 16.3. The van der Waals surface area contributed by atoms with Gasteiger partial charge in [-0.15, -0.1) is 0 Å². The van der Waals surface area contributed by atoms with Gasteiger partial charge in [0.05, 0.1) is 5.39 Å². The van der Waals surface area contributed by atoms with E-state index in [0.29, 0.717) is 11.9 Å². The number of nitrogens with one attached hydrogen (secondary N) is 1. The molecule has 0 aliphatic rings. The predicted molar refractivity (Wildman–Crippen MR) is 107 cm³/mol. The summed E-state index contributed by atoms with van der Waals surface area (Å²) in [5, 5.41) is 13.4. The molecule has 0 bridgehead atoms. The molecule has 0 saturated heterocycles. The molecule has 0 unspecified atom stereocenters. The van der Waals surface area contributed by atoms with Crippen LogP contribution in [0, 0.1) is 0 Å². The molecule has 1 aromatic heterocycles. The first-order chi connectivity index (χ1) is 13.1. The molecular weight excluding hydrogens is 344 g/mol. The van der Waals surface area contributed by atoms with E-state index in [9.17, 15) is 14.7 Å². The Hall–Kier alpha value is -2.34. The predicted octanol–water partition coefficient (Wildman–Crippen LogP) is 3.52. The van der Waals surface area contributed by atoms with Crippen molar-refractivity contribution >= 4 is 16.9 Å². The van der Waals surface area contributed by atoms with Gasteiger partial charge in [-0.2, -0.15) is 0 Å². The number of benzene rings is 1. The van der Waals surface area contributed by atoms with Crippen LogP contribution < -0.4 is 10.9 Å². The van der Waals surface area contributed by atoms with Gasteiger partial charge >= 0.3 is 5.63 Å². The summed E-state index contributed by atoms with van der Waals surface area (Å²) >= 11 is 0. The third-order valence-electron chi connectivity index (χ3n) is 4.61. The molecule has 2 rings (SSSR count). The number of amides is 1. The van der Waals surface area contributed by atoms with Gasteiger partial charge in [0.2, 0.25) is 0 Å². The third-order valence-corrected chi connectivity index (χ3v) is 4.61. The van der Waals surface area contributed by atoms with E-state index < -0.39 is 11.5 Å². The van der Waals surface area contributed by atoms with Gasteiger partial charge in [-0.1, -0.05) is 38.8 Å². The van der Waals surface area contributed by atoms with E-state index in [4.69, 9.17) is 4.42 Å². The second-order valence-electron chi connectivity index (χ2n) is 6.77.